The third-order valence-corrected chi connectivity index (χ3v) is 5.37. The number of nitrogens with two attached hydrogens (primary N) is 1. The molecule has 1 aromatic heterocycles. The zero-order valence-corrected chi connectivity index (χ0v) is 13.5. The summed E-state index contributed by atoms with van der Waals surface area (Å²) in [5.41, 5.74) is 7.47. The maximum atomic E-state index is 6.28. The summed E-state index contributed by atoms with van der Waals surface area (Å²) in [6.45, 7) is 4.07. The summed E-state index contributed by atoms with van der Waals surface area (Å²) in [5, 5.41) is 9.40. The number of ether oxygens (including phenoxy) is 1. The van der Waals surface area contributed by atoms with E-state index in [0.29, 0.717) is 0 Å². The molecule has 4 nitrogen and oxygen atoms in total. The molecule has 1 heterocycles. The van der Waals surface area contributed by atoms with E-state index in [1.807, 2.05) is 19.1 Å². The van der Waals surface area contributed by atoms with E-state index in [0.717, 1.165) is 21.5 Å². The molecular weight excluding hydrogens is 290 g/mol. The van der Waals surface area contributed by atoms with Gasteiger partial charge in [0.05, 0.1) is 12.4 Å². The molecule has 0 saturated carbocycles. The first-order valence-electron chi connectivity index (χ1n) is 6.50. The molecule has 6 heteroatoms. The predicted octanol–water partition coefficient (Wildman–Crippen LogP) is 3.43. The number of aryl methyl sites for hydroxylation is 1. The Morgan fingerprint density at radius 2 is 2.00 bits per heavy atom. The van der Waals surface area contributed by atoms with Crippen molar-refractivity contribution in [2.24, 2.45) is 5.73 Å². The second-order valence-electron chi connectivity index (χ2n) is 4.47. The number of benzene rings is 1. The van der Waals surface area contributed by atoms with Crippen LogP contribution < -0.4 is 10.5 Å². The van der Waals surface area contributed by atoms with E-state index in [-0.39, 0.29) is 11.3 Å². The van der Waals surface area contributed by atoms with Gasteiger partial charge in [-0.1, -0.05) is 42.2 Å². The van der Waals surface area contributed by atoms with Crippen molar-refractivity contribution in [2.45, 2.75) is 35.9 Å². The fraction of sp³-hybridized carbons (Fsp3) is 0.429. The fourth-order valence-corrected chi connectivity index (χ4v) is 4.09. The predicted molar refractivity (Wildman–Crippen MR) is 84.5 cm³/mol. The average Bonchev–Trinajstić information content (AvgIpc) is 2.89. The first kappa shape index (κ1) is 15.3. The molecule has 0 spiro atoms. The Morgan fingerprint density at radius 1 is 1.30 bits per heavy atom. The van der Waals surface area contributed by atoms with E-state index in [1.54, 1.807) is 30.2 Å². The lowest BCUT2D eigenvalue weighted by Crippen LogP contribution is -2.25. The second-order valence-corrected chi connectivity index (χ2v) is 7.04. The molecule has 1 aromatic carbocycles. The molecule has 2 aromatic rings. The lowest BCUT2D eigenvalue weighted by molar-refractivity contribution is 0.414. The zero-order chi connectivity index (χ0) is 14.5. The molecule has 0 fully saturated rings. The molecule has 2 unspecified atom stereocenters. The zero-order valence-electron chi connectivity index (χ0n) is 11.9. The van der Waals surface area contributed by atoms with E-state index >= 15 is 0 Å². The van der Waals surface area contributed by atoms with Gasteiger partial charge in [-0.3, -0.25) is 0 Å². The van der Waals surface area contributed by atoms with E-state index in [2.05, 4.69) is 29.3 Å². The maximum absolute atomic E-state index is 6.28. The van der Waals surface area contributed by atoms with Gasteiger partial charge >= 0.3 is 0 Å². The Hall–Kier alpha value is -1.11. The van der Waals surface area contributed by atoms with Crippen LogP contribution in [0.4, 0.5) is 0 Å². The molecule has 0 aliphatic heterocycles. The molecule has 0 amide bonds. The van der Waals surface area contributed by atoms with Crippen molar-refractivity contribution >= 4 is 23.1 Å². The molecule has 0 aliphatic rings. The van der Waals surface area contributed by atoms with Gasteiger partial charge in [-0.15, -0.1) is 10.2 Å². The highest BCUT2D eigenvalue weighted by atomic mass is 32.2. The van der Waals surface area contributed by atoms with Gasteiger partial charge in [-0.25, -0.2) is 0 Å². The first-order valence-corrected chi connectivity index (χ1v) is 8.20. The van der Waals surface area contributed by atoms with Gasteiger partial charge in [0.15, 0.2) is 4.34 Å². The van der Waals surface area contributed by atoms with Crippen LogP contribution in [0.25, 0.3) is 0 Å². The number of nitrogens with zero attached hydrogens (tertiary/aromatic N) is 2. The average molecular weight is 309 g/mol. The molecule has 2 N–H and O–H groups in total. The standard InChI is InChI=1S/C14H19N3OS2/c1-4-12(15)13(20-14-17-16-9(2)19-14)10-5-7-11(18-3)8-6-10/h5-8,12-13H,4,15H2,1-3H3. The normalized spacial score (nSPS) is 14.0. The molecular formula is C14H19N3OS2. The Balaban J connectivity index is 2.22. The third kappa shape index (κ3) is 3.71. The summed E-state index contributed by atoms with van der Waals surface area (Å²) in [6, 6.07) is 8.16. The van der Waals surface area contributed by atoms with Crippen molar-refractivity contribution in [3.05, 3.63) is 34.8 Å². The Bertz CT molecular complexity index is 542. The highest BCUT2D eigenvalue weighted by molar-refractivity contribution is 8.01. The molecule has 2 atom stereocenters. The van der Waals surface area contributed by atoms with Gasteiger partial charge in [0.2, 0.25) is 0 Å². The largest absolute Gasteiger partial charge is 0.497 e. The smallest absolute Gasteiger partial charge is 0.174 e. The fourth-order valence-electron chi connectivity index (χ4n) is 1.84. The lowest BCUT2D eigenvalue weighted by Gasteiger charge is -2.21. The van der Waals surface area contributed by atoms with Crippen molar-refractivity contribution in [1.82, 2.24) is 10.2 Å². The number of hydrogen-bond acceptors (Lipinski definition) is 6. The van der Waals surface area contributed by atoms with Gasteiger partial charge in [0.1, 0.15) is 10.8 Å². The SMILES string of the molecule is CCC(N)C(Sc1nnc(C)s1)c1ccc(OC)cc1. The maximum Gasteiger partial charge on any atom is 0.174 e. The van der Waals surface area contributed by atoms with Crippen LogP contribution in [0.3, 0.4) is 0 Å². The van der Waals surface area contributed by atoms with Crippen LogP contribution >= 0.6 is 23.1 Å². The monoisotopic (exact) mass is 309 g/mol. The molecule has 20 heavy (non-hydrogen) atoms. The molecule has 0 bridgehead atoms. The molecule has 2 rings (SSSR count). The van der Waals surface area contributed by atoms with E-state index in [1.165, 1.54) is 5.56 Å². The first-order chi connectivity index (χ1) is 9.63. The summed E-state index contributed by atoms with van der Waals surface area (Å²) in [7, 11) is 1.67. The minimum Gasteiger partial charge on any atom is -0.497 e. The van der Waals surface area contributed by atoms with Crippen molar-refractivity contribution < 1.29 is 4.74 Å². The van der Waals surface area contributed by atoms with E-state index in [4.69, 9.17) is 10.5 Å². The summed E-state index contributed by atoms with van der Waals surface area (Å²) < 4.78 is 6.16. The highest BCUT2D eigenvalue weighted by Crippen LogP contribution is 2.39. The summed E-state index contributed by atoms with van der Waals surface area (Å²) in [6.07, 6.45) is 0.918. The number of hydrogen-bond donors (Lipinski definition) is 1. The highest BCUT2D eigenvalue weighted by Gasteiger charge is 2.21. The summed E-state index contributed by atoms with van der Waals surface area (Å²) in [5.74, 6) is 0.856. The lowest BCUT2D eigenvalue weighted by atomic mass is 10.0. The van der Waals surface area contributed by atoms with Crippen LogP contribution in [0, 0.1) is 6.92 Å². The number of aromatic nitrogens is 2. The van der Waals surface area contributed by atoms with Crippen LogP contribution in [0.1, 0.15) is 29.2 Å². The van der Waals surface area contributed by atoms with Gasteiger partial charge < -0.3 is 10.5 Å². The molecule has 0 saturated heterocycles. The number of methoxy groups -OCH3 is 1. The van der Waals surface area contributed by atoms with Crippen molar-refractivity contribution in [3.63, 3.8) is 0 Å². The quantitative estimate of drug-likeness (QED) is 0.828. The number of rotatable bonds is 6. The number of thioether (sulfide) groups is 1. The van der Waals surface area contributed by atoms with Crippen LogP contribution in [0.5, 0.6) is 5.75 Å². The molecule has 0 aliphatic carbocycles. The van der Waals surface area contributed by atoms with Gasteiger partial charge in [0.25, 0.3) is 0 Å². The van der Waals surface area contributed by atoms with E-state index in [9.17, 15) is 0 Å². The minimum atomic E-state index is 0.0811. The van der Waals surface area contributed by atoms with Crippen molar-refractivity contribution in [3.8, 4) is 5.75 Å². The summed E-state index contributed by atoms with van der Waals surface area (Å²) >= 11 is 3.29. The Kier molecular flexibility index (Phi) is 5.39. The van der Waals surface area contributed by atoms with Crippen molar-refractivity contribution in [2.75, 3.05) is 7.11 Å². The summed E-state index contributed by atoms with van der Waals surface area (Å²) in [4.78, 5) is 0. The van der Waals surface area contributed by atoms with Gasteiger partial charge in [-0.05, 0) is 31.0 Å². The topological polar surface area (TPSA) is 61.0 Å². The van der Waals surface area contributed by atoms with Crippen LogP contribution in [-0.2, 0) is 0 Å². The minimum absolute atomic E-state index is 0.0811. The van der Waals surface area contributed by atoms with Gasteiger partial charge in [-0.2, -0.15) is 0 Å². The van der Waals surface area contributed by atoms with Crippen molar-refractivity contribution in [1.29, 1.82) is 0 Å². The third-order valence-electron chi connectivity index (χ3n) is 3.04. The van der Waals surface area contributed by atoms with Crippen LogP contribution in [-0.4, -0.2) is 23.3 Å². The van der Waals surface area contributed by atoms with E-state index < -0.39 is 0 Å². The Labute approximate surface area is 127 Å². The molecule has 108 valence electrons. The van der Waals surface area contributed by atoms with Gasteiger partial charge in [0, 0.05) is 6.04 Å². The van der Waals surface area contributed by atoms with Crippen LogP contribution in [0.2, 0.25) is 0 Å². The Morgan fingerprint density at radius 3 is 2.50 bits per heavy atom. The second kappa shape index (κ2) is 7.06. The van der Waals surface area contributed by atoms with Crippen LogP contribution in [0.15, 0.2) is 28.6 Å². The molecule has 0 radical (unpaired) electrons.